The maximum atomic E-state index is 12.6. The number of carbonyl (C=O) groups excluding carboxylic acids is 1. The molecule has 2 aromatic rings. The number of aromatic nitrogens is 2. The number of aryl methyl sites for hydroxylation is 1. The first-order valence-electron chi connectivity index (χ1n) is 8.27. The lowest BCUT2D eigenvalue weighted by atomic mass is 10.1. The zero-order chi connectivity index (χ0) is 20.5. The third kappa shape index (κ3) is 4.38. The Kier molecular flexibility index (Phi) is 5.50. The van der Waals surface area contributed by atoms with Gasteiger partial charge in [-0.2, -0.15) is 5.10 Å². The lowest BCUT2D eigenvalue weighted by Gasteiger charge is -2.36. The number of para-hydroxylation sites is 1. The summed E-state index contributed by atoms with van der Waals surface area (Å²) in [4.78, 5) is 27.3. The zero-order valence-corrected chi connectivity index (χ0v) is 15.5. The number of aromatic amines is 1. The first-order valence-corrected chi connectivity index (χ1v) is 8.64. The Hall–Kier alpha value is -2.75. The van der Waals surface area contributed by atoms with Crippen LogP contribution in [0.5, 0.6) is 5.75 Å². The Morgan fingerprint density at radius 1 is 1.25 bits per heavy atom. The van der Waals surface area contributed by atoms with Gasteiger partial charge in [0.15, 0.2) is 0 Å². The standard InChI is InChI=1S/C17H16ClF3N4O3/c1-10-15(14(18)16(27)23-22-10)25-7-6-24(13(26)9-25)8-11-4-2-3-5-12(11)28-17(19,20)21/h2-5H,6-9H2,1H3,(H,23,27). The smallest absolute Gasteiger partial charge is 0.405 e. The topological polar surface area (TPSA) is 78.5 Å². The average molecular weight is 417 g/mol. The summed E-state index contributed by atoms with van der Waals surface area (Å²) >= 11 is 6.05. The molecule has 1 amide bonds. The Labute approximate surface area is 162 Å². The number of hydrogen-bond donors (Lipinski definition) is 1. The van der Waals surface area contributed by atoms with Crippen molar-refractivity contribution < 1.29 is 22.7 Å². The van der Waals surface area contributed by atoms with Gasteiger partial charge in [-0.25, -0.2) is 5.10 Å². The SMILES string of the molecule is Cc1n[nH]c(=O)c(Cl)c1N1CCN(Cc2ccccc2OC(F)(F)F)C(=O)C1. The average Bonchev–Trinajstić information content (AvgIpc) is 2.61. The predicted octanol–water partition coefficient (Wildman–Crippen LogP) is 2.48. The molecule has 11 heteroatoms. The largest absolute Gasteiger partial charge is 0.573 e. The molecule has 7 nitrogen and oxygen atoms in total. The summed E-state index contributed by atoms with van der Waals surface area (Å²) in [6.07, 6.45) is -4.82. The predicted molar refractivity (Wildman–Crippen MR) is 95.4 cm³/mol. The molecule has 1 N–H and O–H groups in total. The van der Waals surface area contributed by atoms with Crippen molar-refractivity contribution in [3.05, 3.63) is 50.9 Å². The summed E-state index contributed by atoms with van der Waals surface area (Å²) in [6, 6.07) is 5.68. The molecular weight excluding hydrogens is 401 g/mol. The van der Waals surface area contributed by atoms with Crippen LogP contribution in [0, 0.1) is 6.92 Å². The molecule has 1 aliphatic rings. The summed E-state index contributed by atoms with van der Waals surface area (Å²) < 4.78 is 41.7. The molecule has 0 saturated carbocycles. The maximum Gasteiger partial charge on any atom is 0.573 e. The van der Waals surface area contributed by atoms with Crippen LogP contribution in [0.25, 0.3) is 0 Å². The number of alkyl halides is 3. The number of amides is 1. The van der Waals surface area contributed by atoms with Crippen molar-refractivity contribution in [2.45, 2.75) is 19.8 Å². The molecule has 0 atom stereocenters. The van der Waals surface area contributed by atoms with E-state index in [1.807, 2.05) is 0 Å². The summed E-state index contributed by atoms with van der Waals surface area (Å²) in [5.41, 5.74) is 0.526. The van der Waals surface area contributed by atoms with Crippen molar-refractivity contribution in [2.75, 3.05) is 24.5 Å². The maximum absolute atomic E-state index is 12.6. The summed E-state index contributed by atoms with van der Waals surface area (Å²) in [5.74, 6) is -0.660. The van der Waals surface area contributed by atoms with Crippen LogP contribution in [0.4, 0.5) is 18.9 Å². The van der Waals surface area contributed by atoms with E-state index in [1.54, 1.807) is 17.9 Å². The first kappa shape index (κ1) is 20.0. The van der Waals surface area contributed by atoms with Gasteiger partial charge in [0.2, 0.25) is 5.91 Å². The van der Waals surface area contributed by atoms with E-state index in [-0.39, 0.29) is 41.9 Å². The molecule has 0 spiro atoms. The van der Waals surface area contributed by atoms with Gasteiger partial charge in [-0.05, 0) is 13.0 Å². The fourth-order valence-corrected chi connectivity index (χ4v) is 3.30. The summed E-state index contributed by atoms with van der Waals surface area (Å²) in [7, 11) is 0. The van der Waals surface area contributed by atoms with Crippen LogP contribution in [0.1, 0.15) is 11.3 Å². The van der Waals surface area contributed by atoms with E-state index >= 15 is 0 Å². The second kappa shape index (κ2) is 7.70. The van der Waals surface area contributed by atoms with Crippen LogP contribution in [0.15, 0.2) is 29.1 Å². The molecular formula is C17H16ClF3N4O3. The Morgan fingerprint density at radius 2 is 1.96 bits per heavy atom. The van der Waals surface area contributed by atoms with E-state index in [1.165, 1.54) is 23.1 Å². The lowest BCUT2D eigenvalue weighted by Crippen LogP contribution is -2.50. The number of anilines is 1. The number of carbonyl (C=O) groups is 1. The minimum atomic E-state index is -4.82. The summed E-state index contributed by atoms with van der Waals surface area (Å²) in [5, 5.41) is 6.06. The van der Waals surface area contributed by atoms with Gasteiger partial charge in [-0.1, -0.05) is 29.8 Å². The molecule has 1 aromatic carbocycles. The van der Waals surface area contributed by atoms with Crippen LogP contribution >= 0.6 is 11.6 Å². The van der Waals surface area contributed by atoms with Crippen molar-refractivity contribution in [1.82, 2.24) is 15.1 Å². The second-order valence-electron chi connectivity index (χ2n) is 6.19. The van der Waals surface area contributed by atoms with Crippen molar-refractivity contribution in [3.63, 3.8) is 0 Å². The molecule has 3 rings (SSSR count). The first-order chi connectivity index (χ1) is 13.2. The van der Waals surface area contributed by atoms with E-state index in [2.05, 4.69) is 14.9 Å². The minimum Gasteiger partial charge on any atom is -0.405 e. The van der Waals surface area contributed by atoms with E-state index in [0.717, 1.165) is 0 Å². The number of halogens is 4. The van der Waals surface area contributed by atoms with Gasteiger partial charge in [0.25, 0.3) is 5.56 Å². The third-order valence-electron chi connectivity index (χ3n) is 4.27. The normalized spacial score (nSPS) is 15.1. The number of H-pyrrole nitrogens is 1. The number of hydrogen-bond acceptors (Lipinski definition) is 5. The Balaban J connectivity index is 1.75. The number of rotatable bonds is 4. The molecule has 1 fully saturated rings. The summed E-state index contributed by atoms with van der Waals surface area (Å²) in [6.45, 7) is 2.13. The van der Waals surface area contributed by atoms with Crippen molar-refractivity contribution in [2.24, 2.45) is 0 Å². The molecule has 1 aliphatic heterocycles. The highest BCUT2D eigenvalue weighted by Gasteiger charge is 2.33. The molecule has 0 unspecified atom stereocenters. The second-order valence-corrected chi connectivity index (χ2v) is 6.57. The number of benzene rings is 1. The minimum absolute atomic E-state index is 0.0285. The quantitative estimate of drug-likeness (QED) is 0.828. The van der Waals surface area contributed by atoms with Crippen LogP contribution in [0.2, 0.25) is 5.02 Å². The molecule has 150 valence electrons. The van der Waals surface area contributed by atoms with E-state index in [0.29, 0.717) is 17.9 Å². The van der Waals surface area contributed by atoms with Gasteiger partial charge >= 0.3 is 6.36 Å². The van der Waals surface area contributed by atoms with Crippen molar-refractivity contribution in [1.29, 1.82) is 0 Å². The van der Waals surface area contributed by atoms with Crippen LogP contribution in [0.3, 0.4) is 0 Å². The fourth-order valence-electron chi connectivity index (χ4n) is 3.00. The van der Waals surface area contributed by atoms with Crippen molar-refractivity contribution in [3.8, 4) is 5.75 Å². The molecule has 0 radical (unpaired) electrons. The molecule has 28 heavy (non-hydrogen) atoms. The Bertz CT molecular complexity index is 948. The van der Waals surface area contributed by atoms with E-state index in [9.17, 15) is 22.8 Å². The van der Waals surface area contributed by atoms with Gasteiger partial charge in [-0.15, -0.1) is 13.2 Å². The van der Waals surface area contributed by atoms with Gasteiger partial charge < -0.3 is 14.5 Å². The van der Waals surface area contributed by atoms with Gasteiger partial charge in [0.1, 0.15) is 10.8 Å². The van der Waals surface area contributed by atoms with Gasteiger partial charge in [0.05, 0.1) is 17.9 Å². The number of nitrogens with zero attached hydrogens (tertiary/aromatic N) is 3. The van der Waals surface area contributed by atoms with Gasteiger partial charge in [-0.3, -0.25) is 9.59 Å². The number of piperazine rings is 1. The zero-order valence-electron chi connectivity index (χ0n) is 14.7. The third-order valence-corrected chi connectivity index (χ3v) is 4.62. The number of ether oxygens (including phenoxy) is 1. The molecule has 0 bridgehead atoms. The highest BCUT2D eigenvalue weighted by atomic mass is 35.5. The Morgan fingerprint density at radius 3 is 2.64 bits per heavy atom. The highest BCUT2D eigenvalue weighted by Crippen LogP contribution is 2.29. The number of nitrogens with one attached hydrogen (secondary N) is 1. The van der Waals surface area contributed by atoms with Crippen LogP contribution < -0.4 is 15.2 Å². The fraction of sp³-hybridized carbons (Fsp3) is 0.353. The molecule has 1 saturated heterocycles. The van der Waals surface area contributed by atoms with E-state index < -0.39 is 11.9 Å². The van der Waals surface area contributed by atoms with Gasteiger partial charge in [0, 0.05) is 25.2 Å². The lowest BCUT2D eigenvalue weighted by molar-refractivity contribution is -0.275. The monoisotopic (exact) mass is 416 g/mol. The molecule has 1 aromatic heterocycles. The van der Waals surface area contributed by atoms with Crippen LogP contribution in [-0.4, -0.2) is 47.0 Å². The molecule has 0 aliphatic carbocycles. The van der Waals surface area contributed by atoms with Crippen LogP contribution in [-0.2, 0) is 11.3 Å². The highest BCUT2D eigenvalue weighted by molar-refractivity contribution is 6.33. The van der Waals surface area contributed by atoms with Crippen molar-refractivity contribution >= 4 is 23.2 Å². The van der Waals surface area contributed by atoms with E-state index in [4.69, 9.17) is 11.6 Å². The molecule has 2 heterocycles.